The summed E-state index contributed by atoms with van der Waals surface area (Å²) in [6, 6.07) is 3.30. The molecule has 34 heavy (non-hydrogen) atoms. The van der Waals surface area contributed by atoms with Gasteiger partial charge in [0, 0.05) is 63.7 Å². The zero-order valence-electron chi connectivity index (χ0n) is 18.1. The molecular weight excluding hydrogens is 485 g/mol. The van der Waals surface area contributed by atoms with Crippen LogP contribution < -0.4 is 11.5 Å². The van der Waals surface area contributed by atoms with Crippen LogP contribution >= 0.6 is 22.9 Å². The number of nitrogens with two attached hydrogens (primary N) is 2. The van der Waals surface area contributed by atoms with Crippen LogP contribution in [-0.4, -0.2) is 40.1 Å². The lowest BCUT2D eigenvalue weighted by atomic mass is 9.88. The van der Waals surface area contributed by atoms with Crippen molar-refractivity contribution in [3.63, 3.8) is 0 Å². The quantitative estimate of drug-likeness (QED) is 0.441. The van der Waals surface area contributed by atoms with Gasteiger partial charge in [-0.1, -0.05) is 24.6 Å². The molecule has 4 atom stereocenters. The number of rotatable bonds is 6. The molecule has 0 amide bonds. The Hall–Kier alpha value is -2.69. The summed E-state index contributed by atoms with van der Waals surface area (Å²) >= 11 is 7.88. The summed E-state index contributed by atoms with van der Waals surface area (Å²) in [6.07, 6.45) is 5.36. The summed E-state index contributed by atoms with van der Waals surface area (Å²) in [5, 5.41) is 2.72. The van der Waals surface area contributed by atoms with Crippen LogP contribution in [0, 0.1) is 11.7 Å². The number of nitrogens with zero attached hydrogens (tertiary/aromatic N) is 4. The van der Waals surface area contributed by atoms with Gasteiger partial charge >= 0.3 is 6.55 Å². The third-order valence-electron chi connectivity index (χ3n) is 6.76. The van der Waals surface area contributed by atoms with Crippen molar-refractivity contribution in [1.29, 1.82) is 0 Å². The van der Waals surface area contributed by atoms with E-state index in [4.69, 9.17) is 28.1 Å². The number of hydrogen-bond acceptors (Lipinski definition) is 7. The maximum atomic E-state index is 13.8. The summed E-state index contributed by atoms with van der Waals surface area (Å²) < 4.78 is 39.8. The fourth-order valence-electron chi connectivity index (χ4n) is 5.32. The molecule has 1 saturated heterocycles. The number of alkyl halides is 2. The van der Waals surface area contributed by atoms with E-state index in [1.54, 1.807) is 12.3 Å². The van der Waals surface area contributed by atoms with Gasteiger partial charge in [-0.2, -0.15) is 8.78 Å². The molecule has 4 N–H and O–H groups in total. The third kappa shape index (κ3) is 3.55. The van der Waals surface area contributed by atoms with Crippen molar-refractivity contribution in [2.45, 2.75) is 43.9 Å². The van der Waals surface area contributed by atoms with E-state index in [1.807, 2.05) is 5.38 Å². The van der Waals surface area contributed by atoms with Crippen LogP contribution in [0.15, 0.2) is 62.8 Å². The maximum absolute atomic E-state index is 13.8. The van der Waals surface area contributed by atoms with Crippen molar-refractivity contribution in [2.75, 3.05) is 0 Å². The first-order valence-corrected chi connectivity index (χ1v) is 12.0. The van der Waals surface area contributed by atoms with Gasteiger partial charge in [-0.25, -0.2) is 14.4 Å². The van der Waals surface area contributed by atoms with Crippen molar-refractivity contribution >= 4 is 35.0 Å². The highest BCUT2D eigenvalue weighted by Gasteiger charge is 2.70. The minimum atomic E-state index is -2.90. The van der Waals surface area contributed by atoms with E-state index in [2.05, 4.69) is 21.8 Å². The second-order valence-corrected chi connectivity index (χ2v) is 9.82. The number of fused-ring (bicyclic) bond motifs is 3. The number of hydrogen-bond donors (Lipinski definition) is 2. The first-order chi connectivity index (χ1) is 16.3. The van der Waals surface area contributed by atoms with Crippen LogP contribution in [0.5, 0.6) is 0 Å². The lowest BCUT2D eigenvalue weighted by molar-refractivity contribution is 0.160. The maximum Gasteiger partial charge on any atom is 0.331 e. The zero-order chi connectivity index (χ0) is 24.2. The van der Waals surface area contributed by atoms with Crippen LogP contribution in [-0.2, 0) is 0 Å². The molecule has 3 aliphatic rings. The lowest BCUT2D eigenvalue weighted by Gasteiger charge is -2.35. The predicted octanol–water partition coefficient (Wildman–Crippen LogP) is 4.64. The first kappa shape index (κ1) is 23.1. The number of piperidine rings is 1. The highest BCUT2D eigenvalue weighted by atomic mass is 35.5. The van der Waals surface area contributed by atoms with Gasteiger partial charge in [-0.05, 0) is 24.1 Å². The Morgan fingerprint density at radius 1 is 1.44 bits per heavy atom. The molecular formula is C23H22ClF3N6S. The molecule has 3 heterocycles. The first-order valence-electron chi connectivity index (χ1n) is 10.8. The molecule has 0 spiro atoms. The summed E-state index contributed by atoms with van der Waals surface area (Å²) in [5.74, 6) is 0.399. The largest absolute Gasteiger partial charge is 0.404 e. The molecule has 1 unspecified atom stereocenters. The molecule has 1 saturated carbocycles. The van der Waals surface area contributed by atoms with Crippen molar-refractivity contribution in [2.24, 2.45) is 27.4 Å². The molecule has 1 aliphatic carbocycles. The average Bonchev–Trinajstić information content (AvgIpc) is 3.15. The van der Waals surface area contributed by atoms with Gasteiger partial charge in [-0.3, -0.25) is 4.99 Å². The molecule has 1 aromatic heterocycles. The van der Waals surface area contributed by atoms with Gasteiger partial charge in [0.2, 0.25) is 0 Å². The second-order valence-electron chi connectivity index (χ2n) is 8.52. The van der Waals surface area contributed by atoms with Gasteiger partial charge in [-0.15, -0.1) is 11.3 Å². The Balaban J connectivity index is 1.74. The summed E-state index contributed by atoms with van der Waals surface area (Å²) in [4.78, 5) is 14.8. The molecule has 11 heteroatoms. The predicted molar refractivity (Wildman–Crippen MR) is 128 cm³/mol. The molecule has 0 radical (unpaired) electrons. The van der Waals surface area contributed by atoms with Gasteiger partial charge in [0.25, 0.3) is 0 Å². The smallest absolute Gasteiger partial charge is 0.331 e. The molecule has 6 nitrogen and oxygen atoms in total. The SMILES string of the molecule is CC[C@@H]1C2N3C(c4nccs4)=N[C@@H](c4ccc(F)cc4Cl)C(C(C=NC(F)F)=CN)=C3C[C@@]21N. The highest BCUT2D eigenvalue weighted by molar-refractivity contribution is 7.11. The molecule has 5 rings (SSSR count). The normalized spacial score (nSPS) is 28.6. The Morgan fingerprint density at radius 2 is 2.24 bits per heavy atom. The number of benzene rings is 1. The highest BCUT2D eigenvalue weighted by Crippen LogP contribution is 2.61. The molecule has 2 aromatic rings. The molecule has 0 bridgehead atoms. The van der Waals surface area contributed by atoms with E-state index >= 15 is 0 Å². The second kappa shape index (κ2) is 8.51. The molecule has 1 aromatic carbocycles. The standard InChI is InChI=1S/C23H22ClF3N6S/c1-2-14-19-23(14,29)8-16-17(11(9-28)10-31-22(26)27)18(13-4-3-12(25)7-15(13)24)32-20(33(16)19)21-30-5-6-34-21/h3-7,9-10,14,18-19,22H,2,8,28-29H2,1H3/t14-,18+,19?,23+/m1/s1. The Labute approximate surface area is 203 Å². The number of thiazole rings is 1. The van der Waals surface area contributed by atoms with Crippen molar-refractivity contribution in [3.8, 4) is 0 Å². The van der Waals surface area contributed by atoms with Gasteiger partial charge in [0.1, 0.15) is 11.9 Å². The number of halogens is 4. The topological polar surface area (TPSA) is 92.9 Å². The monoisotopic (exact) mass is 506 g/mol. The van der Waals surface area contributed by atoms with E-state index in [9.17, 15) is 13.2 Å². The molecule has 2 fully saturated rings. The van der Waals surface area contributed by atoms with Crippen molar-refractivity contribution < 1.29 is 13.2 Å². The summed E-state index contributed by atoms with van der Waals surface area (Å²) in [6.45, 7) is -0.807. The number of aliphatic imine (C=N–C) groups is 2. The van der Waals surface area contributed by atoms with Crippen LogP contribution in [0.4, 0.5) is 13.2 Å². The van der Waals surface area contributed by atoms with Crippen molar-refractivity contribution in [3.05, 3.63) is 74.2 Å². The zero-order valence-corrected chi connectivity index (χ0v) is 19.7. The minimum Gasteiger partial charge on any atom is -0.404 e. The minimum absolute atomic E-state index is 0.000789. The van der Waals surface area contributed by atoms with Gasteiger partial charge in [0.15, 0.2) is 10.8 Å². The van der Waals surface area contributed by atoms with Crippen LogP contribution in [0.1, 0.15) is 36.4 Å². The number of amidine groups is 1. The van der Waals surface area contributed by atoms with E-state index in [0.29, 0.717) is 28.4 Å². The van der Waals surface area contributed by atoms with E-state index < -0.39 is 23.9 Å². The Bertz CT molecular complexity index is 1240. The van der Waals surface area contributed by atoms with Gasteiger partial charge in [0.05, 0.1) is 6.04 Å². The van der Waals surface area contributed by atoms with E-state index in [0.717, 1.165) is 18.3 Å². The fourth-order valence-corrected chi connectivity index (χ4v) is 6.21. The van der Waals surface area contributed by atoms with Crippen LogP contribution in [0.25, 0.3) is 0 Å². The number of aromatic nitrogens is 1. The van der Waals surface area contributed by atoms with Crippen LogP contribution in [0.3, 0.4) is 0 Å². The van der Waals surface area contributed by atoms with E-state index in [-0.39, 0.29) is 22.6 Å². The Morgan fingerprint density at radius 3 is 2.85 bits per heavy atom. The molecule has 178 valence electrons. The Kier molecular flexibility index (Phi) is 5.78. The van der Waals surface area contributed by atoms with Crippen molar-refractivity contribution in [1.82, 2.24) is 9.88 Å². The van der Waals surface area contributed by atoms with E-state index in [1.165, 1.54) is 29.7 Å². The third-order valence-corrected chi connectivity index (χ3v) is 7.85. The molecule has 2 aliphatic heterocycles. The van der Waals surface area contributed by atoms with Gasteiger partial charge < -0.3 is 16.4 Å². The summed E-state index contributed by atoms with van der Waals surface area (Å²) in [7, 11) is 0. The summed E-state index contributed by atoms with van der Waals surface area (Å²) in [5.41, 5.74) is 14.4. The fraction of sp³-hybridized carbons (Fsp3) is 0.348. The average molecular weight is 507 g/mol. The lowest BCUT2D eigenvalue weighted by Crippen LogP contribution is -2.37. The van der Waals surface area contributed by atoms with Crippen LogP contribution in [0.2, 0.25) is 5.02 Å².